The van der Waals surface area contributed by atoms with Crippen LogP contribution >= 0.6 is 22.9 Å². The number of aromatic amines is 1. The van der Waals surface area contributed by atoms with Gasteiger partial charge in [0.15, 0.2) is 11.9 Å². The van der Waals surface area contributed by atoms with Crippen molar-refractivity contribution in [3.8, 4) is 22.0 Å². The van der Waals surface area contributed by atoms with Crippen LogP contribution in [0.25, 0.3) is 22.0 Å². The fraction of sp³-hybridized carbons (Fsp3) is 0.304. The minimum atomic E-state index is -4.60. The van der Waals surface area contributed by atoms with E-state index in [0.717, 1.165) is 23.6 Å². The van der Waals surface area contributed by atoms with Crippen molar-refractivity contribution >= 4 is 22.9 Å². The molecule has 0 spiro atoms. The molecule has 4 rings (SSSR count). The molecule has 1 aromatic carbocycles. The van der Waals surface area contributed by atoms with Crippen molar-refractivity contribution in [3.63, 3.8) is 0 Å². The number of ether oxygens (including phenoxy) is 1. The second kappa shape index (κ2) is 10.3. The largest absolute Gasteiger partial charge is 0.439 e. The molecule has 3 aromatic heterocycles. The maximum atomic E-state index is 15.0. The molecule has 1 N–H and O–H groups in total. The van der Waals surface area contributed by atoms with Crippen LogP contribution in [0, 0.1) is 6.92 Å². The van der Waals surface area contributed by atoms with Gasteiger partial charge in [-0.2, -0.15) is 13.2 Å². The number of nitrogens with one attached hydrogen (secondary N) is 1. The summed E-state index contributed by atoms with van der Waals surface area (Å²) in [7, 11) is 0. The predicted octanol–water partition coefficient (Wildman–Crippen LogP) is 6.83. The molecule has 3 heterocycles. The van der Waals surface area contributed by atoms with E-state index in [1.165, 1.54) is 32.0 Å². The number of pyridine rings is 1. The highest BCUT2D eigenvalue weighted by atomic mass is 35.5. The Morgan fingerprint density at radius 2 is 1.95 bits per heavy atom. The Kier molecular flexibility index (Phi) is 7.49. The lowest BCUT2D eigenvalue weighted by atomic mass is 10.1. The summed E-state index contributed by atoms with van der Waals surface area (Å²) >= 11 is 7.17. The average Bonchev–Trinajstić information content (AvgIpc) is 3.44. The standard InChI is InChI=1S/C23H18ClF5N4O3S/c1-3-22(25,26)18(35-10-12-4-6-14(15(24)8-12)19-32-21(34)36-33-19)17-11(2)31-20(37-17)13-5-7-16(30-9-13)23(27,28)29/h4-9,18H,3,10H2,1-2H3,(H,32,33,34). The number of hydrogen-bond donors (Lipinski definition) is 1. The second-order valence-electron chi connectivity index (χ2n) is 7.96. The Labute approximate surface area is 215 Å². The maximum Gasteiger partial charge on any atom is 0.439 e. The SMILES string of the molecule is CCC(F)(F)C(OCc1ccc(-c2noc(=O)[nH]2)c(Cl)c1)c1sc(-c2ccc(C(F)(F)F)nc2)nc1C. The second-order valence-corrected chi connectivity index (χ2v) is 9.40. The van der Waals surface area contributed by atoms with Crippen LogP contribution in [-0.4, -0.2) is 26.0 Å². The number of aryl methyl sites for hydroxylation is 1. The highest BCUT2D eigenvalue weighted by Gasteiger charge is 2.42. The number of nitrogens with zero attached hydrogens (tertiary/aromatic N) is 3. The monoisotopic (exact) mass is 560 g/mol. The molecule has 0 amide bonds. The van der Waals surface area contributed by atoms with Crippen LogP contribution < -0.4 is 5.76 Å². The third kappa shape index (κ3) is 5.89. The molecule has 0 aliphatic carbocycles. The van der Waals surface area contributed by atoms with E-state index in [1.54, 1.807) is 6.07 Å². The zero-order valence-electron chi connectivity index (χ0n) is 19.2. The van der Waals surface area contributed by atoms with Crippen molar-refractivity contribution in [2.24, 2.45) is 0 Å². The summed E-state index contributed by atoms with van der Waals surface area (Å²) in [5.74, 6) is -3.91. The van der Waals surface area contributed by atoms with E-state index in [0.29, 0.717) is 11.1 Å². The van der Waals surface area contributed by atoms with Gasteiger partial charge in [0.25, 0.3) is 5.92 Å². The Morgan fingerprint density at radius 1 is 1.19 bits per heavy atom. The first kappa shape index (κ1) is 26.9. The summed E-state index contributed by atoms with van der Waals surface area (Å²) in [4.78, 5) is 21.4. The quantitative estimate of drug-likeness (QED) is 0.237. The first-order chi connectivity index (χ1) is 17.4. The van der Waals surface area contributed by atoms with Gasteiger partial charge < -0.3 is 4.74 Å². The molecular formula is C23H18ClF5N4O3S. The number of benzene rings is 1. The molecule has 0 saturated carbocycles. The minimum Gasteiger partial charge on any atom is -0.362 e. The van der Waals surface area contributed by atoms with Crippen LogP contribution in [0.2, 0.25) is 5.02 Å². The normalized spacial score (nSPS) is 13.2. The molecule has 196 valence electrons. The molecule has 0 bridgehead atoms. The van der Waals surface area contributed by atoms with Gasteiger partial charge in [-0.25, -0.2) is 18.6 Å². The highest BCUT2D eigenvalue weighted by molar-refractivity contribution is 7.15. The Bertz CT molecular complexity index is 1450. The van der Waals surface area contributed by atoms with E-state index in [-0.39, 0.29) is 38.6 Å². The maximum absolute atomic E-state index is 15.0. The molecule has 0 aliphatic rings. The van der Waals surface area contributed by atoms with E-state index >= 15 is 0 Å². The Hall–Kier alpha value is -3.16. The third-order valence-electron chi connectivity index (χ3n) is 5.37. The molecule has 4 aromatic rings. The summed E-state index contributed by atoms with van der Waals surface area (Å²) < 4.78 is 78.6. The zero-order valence-corrected chi connectivity index (χ0v) is 20.8. The summed E-state index contributed by atoms with van der Waals surface area (Å²) in [5.41, 5.74) is 0.314. The molecular weight excluding hydrogens is 543 g/mol. The number of rotatable bonds is 8. The highest BCUT2D eigenvalue weighted by Crippen LogP contribution is 2.43. The van der Waals surface area contributed by atoms with Crippen molar-refractivity contribution in [3.05, 3.63) is 73.9 Å². The molecule has 0 saturated heterocycles. The lowest BCUT2D eigenvalue weighted by Crippen LogP contribution is -2.27. The van der Waals surface area contributed by atoms with E-state index in [2.05, 4.69) is 24.6 Å². The van der Waals surface area contributed by atoms with Crippen LogP contribution in [0.3, 0.4) is 0 Å². The van der Waals surface area contributed by atoms with Gasteiger partial charge in [-0.1, -0.05) is 29.7 Å². The van der Waals surface area contributed by atoms with Crippen LogP contribution in [-0.2, 0) is 17.5 Å². The van der Waals surface area contributed by atoms with Gasteiger partial charge in [0.05, 0.1) is 22.2 Å². The van der Waals surface area contributed by atoms with Gasteiger partial charge in [0.2, 0.25) is 0 Å². The molecule has 0 aliphatic heterocycles. The topological polar surface area (TPSA) is 93.9 Å². The summed E-state index contributed by atoms with van der Waals surface area (Å²) in [6, 6.07) is 6.60. The molecule has 1 atom stereocenters. The van der Waals surface area contributed by atoms with E-state index in [4.69, 9.17) is 16.3 Å². The van der Waals surface area contributed by atoms with Crippen LogP contribution in [0.1, 0.15) is 41.3 Å². The third-order valence-corrected chi connectivity index (χ3v) is 6.93. The van der Waals surface area contributed by atoms with Gasteiger partial charge in [-0.05, 0) is 36.8 Å². The first-order valence-corrected chi connectivity index (χ1v) is 11.9. The van der Waals surface area contributed by atoms with Crippen molar-refractivity contribution < 1.29 is 31.2 Å². The fourth-order valence-electron chi connectivity index (χ4n) is 3.40. The van der Waals surface area contributed by atoms with Gasteiger partial charge in [-0.15, -0.1) is 11.3 Å². The molecule has 7 nitrogen and oxygen atoms in total. The average molecular weight is 561 g/mol. The number of aromatic nitrogens is 4. The fourth-order valence-corrected chi connectivity index (χ4v) is 4.87. The van der Waals surface area contributed by atoms with Crippen molar-refractivity contribution in [1.29, 1.82) is 0 Å². The number of halogens is 6. The lowest BCUT2D eigenvalue weighted by Gasteiger charge is -2.26. The van der Waals surface area contributed by atoms with Gasteiger partial charge in [0, 0.05) is 23.7 Å². The van der Waals surface area contributed by atoms with Crippen molar-refractivity contribution in [2.75, 3.05) is 0 Å². The first-order valence-electron chi connectivity index (χ1n) is 10.7. The van der Waals surface area contributed by atoms with Gasteiger partial charge in [0.1, 0.15) is 10.7 Å². The predicted molar refractivity (Wildman–Crippen MR) is 125 cm³/mol. The van der Waals surface area contributed by atoms with Crippen molar-refractivity contribution in [1.82, 2.24) is 20.1 Å². The van der Waals surface area contributed by atoms with Gasteiger partial charge in [-0.3, -0.25) is 14.5 Å². The number of hydrogen-bond acceptors (Lipinski definition) is 7. The number of thiazole rings is 1. The smallest absolute Gasteiger partial charge is 0.362 e. The Balaban J connectivity index is 1.59. The summed E-state index contributed by atoms with van der Waals surface area (Å²) in [6.45, 7) is 2.61. The van der Waals surface area contributed by atoms with E-state index in [1.807, 2.05) is 0 Å². The minimum absolute atomic E-state index is 0.114. The molecule has 37 heavy (non-hydrogen) atoms. The molecule has 0 fully saturated rings. The van der Waals surface area contributed by atoms with Crippen LogP contribution in [0.15, 0.2) is 45.8 Å². The van der Waals surface area contributed by atoms with Crippen LogP contribution in [0.5, 0.6) is 0 Å². The van der Waals surface area contributed by atoms with Crippen molar-refractivity contribution in [2.45, 2.75) is 45.1 Å². The van der Waals surface area contributed by atoms with E-state index < -0.39 is 36.1 Å². The summed E-state index contributed by atoms with van der Waals surface area (Å²) in [6.07, 6.45) is -5.79. The van der Waals surface area contributed by atoms with E-state index in [9.17, 15) is 26.7 Å². The van der Waals surface area contributed by atoms with Crippen LogP contribution in [0.4, 0.5) is 22.0 Å². The molecule has 1 unspecified atom stereocenters. The Morgan fingerprint density at radius 3 is 2.51 bits per heavy atom. The summed E-state index contributed by atoms with van der Waals surface area (Å²) in [5, 5.41) is 3.99. The zero-order chi connectivity index (χ0) is 27.0. The molecule has 0 radical (unpaired) electrons. The number of H-pyrrole nitrogens is 1. The number of alkyl halides is 5. The molecule has 14 heteroatoms. The lowest BCUT2D eigenvalue weighted by molar-refractivity contribution is -0.146. The van der Waals surface area contributed by atoms with Gasteiger partial charge >= 0.3 is 11.9 Å².